The van der Waals surface area contributed by atoms with Gasteiger partial charge in [-0.3, -0.25) is 14.5 Å². The molecule has 1 fully saturated rings. The van der Waals surface area contributed by atoms with E-state index in [1.165, 1.54) is 4.90 Å². The fourth-order valence-corrected chi connectivity index (χ4v) is 3.90. The van der Waals surface area contributed by atoms with Gasteiger partial charge in [-0.2, -0.15) is 0 Å². The van der Waals surface area contributed by atoms with Gasteiger partial charge in [0, 0.05) is 21.7 Å². The van der Waals surface area contributed by atoms with Crippen LogP contribution in [0.4, 0.5) is 4.79 Å². The zero-order chi connectivity index (χ0) is 19.7. The van der Waals surface area contributed by atoms with E-state index in [0.717, 1.165) is 22.9 Å². The molecular formula is C21H13Cl2NO3S. The number of nitrogens with zero attached hydrogens (tertiary/aromatic N) is 1. The number of carbonyl (C=O) groups excluding carboxylic acids is 2. The Morgan fingerprint density at radius 3 is 2.50 bits per heavy atom. The van der Waals surface area contributed by atoms with Crippen LogP contribution in [-0.2, 0) is 11.3 Å². The Balaban J connectivity index is 1.53. The van der Waals surface area contributed by atoms with Crippen molar-refractivity contribution < 1.29 is 14.0 Å². The monoisotopic (exact) mass is 429 g/mol. The molecule has 0 N–H and O–H groups in total. The van der Waals surface area contributed by atoms with Crippen LogP contribution in [0.2, 0.25) is 10.0 Å². The number of halogens is 2. The van der Waals surface area contributed by atoms with E-state index < -0.39 is 0 Å². The third kappa shape index (κ3) is 4.02. The van der Waals surface area contributed by atoms with E-state index in [4.69, 9.17) is 27.6 Å². The van der Waals surface area contributed by atoms with E-state index in [9.17, 15) is 9.59 Å². The summed E-state index contributed by atoms with van der Waals surface area (Å²) in [4.78, 5) is 26.5. The minimum absolute atomic E-state index is 0.199. The summed E-state index contributed by atoms with van der Waals surface area (Å²) in [5.41, 5.74) is 1.66. The van der Waals surface area contributed by atoms with E-state index in [1.54, 1.807) is 54.6 Å². The Morgan fingerprint density at radius 1 is 0.964 bits per heavy atom. The molecule has 4 nitrogen and oxygen atoms in total. The van der Waals surface area contributed by atoms with Crippen LogP contribution >= 0.6 is 35.0 Å². The van der Waals surface area contributed by atoms with Crippen molar-refractivity contribution in [2.75, 3.05) is 0 Å². The first-order valence-corrected chi connectivity index (χ1v) is 9.92. The molecule has 0 aliphatic carbocycles. The van der Waals surface area contributed by atoms with Crippen molar-refractivity contribution in [1.29, 1.82) is 0 Å². The zero-order valence-corrected chi connectivity index (χ0v) is 16.7. The lowest BCUT2D eigenvalue weighted by atomic mass is 10.2. The molecule has 1 saturated heterocycles. The van der Waals surface area contributed by atoms with Gasteiger partial charge in [0.1, 0.15) is 11.5 Å². The highest BCUT2D eigenvalue weighted by molar-refractivity contribution is 8.18. The van der Waals surface area contributed by atoms with Crippen LogP contribution in [0, 0.1) is 0 Å². The zero-order valence-electron chi connectivity index (χ0n) is 14.4. The summed E-state index contributed by atoms with van der Waals surface area (Å²) in [6.45, 7) is 0.199. The van der Waals surface area contributed by atoms with Gasteiger partial charge in [-0.05, 0) is 53.7 Å². The molecule has 0 bridgehead atoms. The highest BCUT2D eigenvalue weighted by atomic mass is 35.5. The van der Waals surface area contributed by atoms with E-state index in [0.29, 0.717) is 26.5 Å². The van der Waals surface area contributed by atoms with Crippen LogP contribution in [0.5, 0.6) is 0 Å². The van der Waals surface area contributed by atoms with Gasteiger partial charge in [-0.15, -0.1) is 0 Å². The molecule has 1 aromatic heterocycles. The van der Waals surface area contributed by atoms with Crippen molar-refractivity contribution >= 4 is 52.2 Å². The maximum atomic E-state index is 12.6. The number of furan rings is 1. The van der Waals surface area contributed by atoms with Crippen molar-refractivity contribution in [3.63, 3.8) is 0 Å². The number of imide groups is 1. The molecule has 2 aromatic carbocycles. The fraction of sp³-hybridized carbons (Fsp3) is 0.0476. The van der Waals surface area contributed by atoms with E-state index in [1.807, 2.05) is 12.1 Å². The van der Waals surface area contributed by atoms with Crippen molar-refractivity contribution in [2.45, 2.75) is 6.54 Å². The summed E-state index contributed by atoms with van der Waals surface area (Å²) in [6.07, 6.45) is 1.58. The fourth-order valence-electron chi connectivity index (χ4n) is 2.77. The lowest BCUT2D eigenvalue weighted by Gasteiger charge is -2.12. The Kier molecular flexibility index (Phi) is 5.31. The normalized spacial score (nSPS) is 15.6. The standard InChI is InChI=1S/C21H13Cl2NO3S/c22-15-6-4-13(5-7-15)12-24-20(25)19(28-21(24)26)11-17-8-9-18(27-17)14-2-1-3-16(23)10-14/h1-11H,12H2/b19-11-. The summed E-state index contributed by atoms with van der Waals surface area (Å²) in [5, 5.41) is 0.901. The maximum Gasteiger partial charge on any atom is 0.293 e. The summed E-state index contributed by atoms with van der Waals surface area (Å²) in [5.74, 6) is 0.784. The third-order valence-corrected chi connectivity index (χ3v) is 5.53. The van der Waals surface area contributed by atoms with E-state index >= 15 is 0 Å². The molecule has 1 aliphatic rings. The second-order valence-electron chi connectivity index (χ2n) is 6.11. The molecule has 7 heteroatoms. The molecule has 1 aliphatic heterocycles. The minimum atomic E-state index is -0.342. The van der Waals surface area contributed by atoms with Gasteiger partial charge in [0.05, 0.1) is 11.4 Å². The smallest absolute Gasteiger partial charge is 0.293 e. The Labute approximate surface area is 175 Å². The van der Waals surface area contributed by atoms with Gasteiger partial charge < -0.3 is 4.42 Å². The molecule has 2 amide bonds. The van der Waals surface area contributed by atoms with Gasteiger partial charge in [-0.1, -0.05) is 47.5 Å². The average Bonchev–Trinajstić information content (AvgIpc) is 3.24. The van der Waals surface area contributed by atoms with Crippen molar-refractivity contribution in [2.24, 2.45) is 0 Å². The second kappa shape index (κ2) is 7.87. The molecule has 0 spiro atoms. The van der Waals surface area contributed by atoms with Crippen LogP contribution in [-0.4, -0.2) is 16.0 Å². The lowest BCUT2D eigenvalue weighted by molar-refractivity contribution is -0.123. The third-order valence-electron chi connectivity index (χ3n) is 4.14. The largest absolute Gasteiger partial charge is 0.457 e. The quantitative estimate of drug-likeness (QED) is 0.444. The Bertz CT molecular complexity index is 1090. The molecular weight excluding hydrogens is 417 g/mol. The Hall–Kier alpha value is -2.47. The maximum absolute atomic E-state index is 12.6. The molecule has 0 radical (unpaired) electrons. The molecule has 28 heavy (non-hydrogen) atoms. The number of hydrogen-bond donors (Lipinski definition) is 0. The van der Waals surface area contributed by atoms with Gasteiger partial charge in [-0.25, -0.2) is 0 Å². The second-order valence-corrected chi connectivity index (χ2v) is 7.97. The van der Waals surface area contributed by atoms with Gasteiger partial charge in [0.25, 0.3) is 11.1 Å². The molecule has 0 unspecified atom stereocenters. The highest BCUT2D eigenvalue weighted by Gasteiger charge is 2.35. The summed E-state index contributed by atoms with van der Waals surface area (Å²) >= 11 is 12.8. The first-order valence-electron chi connectivity index (χ1n) is 8.35. The SMILES string of the molecule is O=C1S/C(=C\c2ccc(-c3cccc(Cl)c3)o2)C(=O)N1Cc1ccc(Cl)cc1. The van der Waals surface area contributed by atoms with Crippen LogP contribution < -0.4 is 0 Å². The van der Waals surface area contributed by atoms with Gasteiger partial charge >= 0.3 is 0 Å². The van der Waals surface area contributed by atoms with E-state index in [-0.39, 0.29) is 17.7 Å². The summed E-state index contributed by atoms with van der Waals surface area (Å²) in [6, 6.07) is 17.9. The predicted octanol–water partition coefficient (Wildman–Crippen LogP) is 6.49. The molecule has 0 saturated carbocycles. The molecule has 3 aromatic rings. The first kappa shape index (κ1) is 18.9. The molecule has 0 atom stereocenters. The predicted molar refractivity (Wildman–Crippen MR) is 112 cm³/mol. The highest BCUT2D eigenvalue weighted by Crippen LogP contribution is 2.34. The first-order chi connectivity index (χ1) is 13.5. The number of hydrogen-bond acceptors (Lipinski definition) is 4. The van der Waals surface area contributed by atoms with Crippen molar-refractivity contribution in [3.8, 4) is 11.3 Å². The van der Waals surface area contributed by atoms with Crippen molar-refractivity contribution in [3.05, 3.63) is 86.9 Å². The van der Waals surface area contributed by atoms with Crippen LogP contribution in [0.3, 0.4) is 0 Å². The van der Waals surface area contributed by atoms with Crippen LogP contribution in [0.15, 0.2) is 70.0 Å². The van der Waals surface area contributed by atoms with E-state index in [2.05, 4.69) is 0 Å². The van der Waals surface area contributed by atoms with Gasteiger partial charge in [0.2, 0.25) is 0 Å². The number of benzene rings is 2. The number of thioether (sulfide) groups is 1. The summed E-state index contributed by atoms with van der Waals surface area (Å²) < 4.78 is 5.79. The topological polar surface area (TPSA) is 50.5 Å². The molecule has 2 heterocycles. The van der Waals surface area contributed by atoms with Gasteiger partial charge in [0.15, 0.2) is 0 Å². The number of carbonyl (C=O) groups is 2. The number of rotatable bonds is 4. The van der Waals surface area contributed by atoms with Crippen molar-refractivity contribution in [1.82, 2.24) is 4.90 Å². The number of amides is 2. The van der Waals surface area contributed by atoms with Crippen LogP contribution in [0.25, 0.3) is 17.4 Å². The Morgan fingerprint density at radius 2 is 1.75 bits per heavy atom. The summed E-state index contributed by atoms with van der Waals surface area (Å²) in [7, 11) is 0. The lowest BCUT2D eigenvalue weighted by Crippen LogP contribution is -2.27. The average molecular weight is 430 g/mol. The van der Waals surface area contributed by atoms with Crippen LogP contribution in [0.1, 0.15) is 11.3 Å². The molecule has 4 rings (SSSR count). The minimum Gasteiger partial charge on any atom is -0.457 e. The molecule has 140 valence electrons.